The van der Waals surface area contributed by atoms with Crippen LogP contribution < -0.4 is 10.1 Å². The molecule has 27 heavy (non-hydrogen) atoms. The van der Waals surface area contributed by atoms with Crippen LogP contribution in [0.15, 0.2) is 53.4 Å². The van der Waals surface area contributed by atoms with Crippen molar-refractivity contribution in [1.82, 2.24) is 4.31 Å². The number of hydrogen-bond acceptors (Lipinski definition) is 5. The Morgan fingerprint density at radius 3 is 2.33 bits per heavy atom. The lowest BCUT2D eigenvalue weighted by Crippen LogP contribution is -2.40. The predicted molar refractivity (Wildman–Crippen MR) is 96.5 cm³/mol. The third-order valence-corrected chi connectivity index (χ3v) is 5.84. The molecule has 0 unspecified atom stereocenters. The van der Waals surface area contributed by atoms with Gasteiger partial charge in [-0.3, -0.25) is 4.79 Å². The van der Waals surface area contributed by atoms with Gasteiger partial charge in [-0.25, -0.2) is 12.8 Å². The molecule has 2 aromatic rings. The van der Waals surface area contributed by atoms with Crippen molar-refractivity contribution in [3.05, 3.63) is 54.3 Å². The molecule has 1 N–H and O–H groups in total. The van der Waals surface area contributed by atoms with Crippen LogP contribution in [-0.4, -0.2) is 51.5 Å². The van der Waals surface area contributed by atoms with Crippen molar-refractivity contribution >= 4 is 21.6 Å². The van der Waals surface area contributed by atoms with E-state index >= 15 is 0 Å². The normalized spacial score (nSPS) is 15.3. The lowest BCUT2D eigenvalue weighted by molar-refractivity contribution is -0.118. The molecule has 0 saturated carbocycles. The molecule has 3 rings (SSSR count). The van der Waals surface area contributed by atoms with E-state index in [4.69, 9.17) is 9.47 Å². The van der Waals surface area contributed by atoms with Crippen LogP contribution in [-0.2, 0) is 19.6 Å². The lowest BCUT2D eigenvalue weighted by atomic mass is 10.3. The smallest absolute Gasteiger partial charge is 0.262 e. The highest BCUT2D eigenvalue weighted by Gasteiger charge is 2.26. The molecule has 1 aliphatic heterocycles. The van der Waals surface area contributed by atoms with Crippen molar-refractivity contribution in [2.75, 3.05) is 38.2 Å². The summed E-state index contributed by atoms with van der Waals surface area (Å²) in [5.74, 6) is -0.430. The van der Waals surface area contributed by atoms with E-state index in [1.54, 1.807) is 0 Å². The molecule has 0 atom stereocenters. The Bertz CT molecular complexity index is 879. The molecule has 2 aromatic carbocycles. The van der Waals surface area contributed by atoms with E-state index in [1.165, 1.54) is 52.8 Å². The van der Waals surface area contributed by atoms with Crippen LogP contribution in [0.1, 0.15) is 0 Å². The Morgan fingerprint density at radius 1 is 1.07 bits per heavy atom. The van der Waals surface area contributed by atoms with Gasteiger partial charge in [0.05, 0.1) is 18.1 Å². The maximum Gasteiger partial charge on any atom is 0.262 e. The molecular weight excluding hydrogens is 375 g/mol. The van der Waals surface area contributed by atoms with E-state index in [1.807, 2.05) is 0 Å². The molecule has 0 radical (unpaired) electrons. The average molecular weight is 394 g/mol. The molecule has 0 aromatic heterocycles. The second-order valence-electron chi connectivity index (χ2n) is 5.83. The first-order chi connectivity index (χ1) is 12.9. The van der Waals surface area contributed by atoms with Gasteiger partial charge in [-0.05, 0) is 48.5 Å². The summed E-state index contributed by atoms with van der Waals surface area (Å²) < 4.78 is 49.7. The van der Waals surface area contributed by atoms with Crippen molar-refractivity contribution < 1.29 is 27.1 Å². The van der Waals surface area contributed by atoms with Gasteiger partial charge in [0.15, 0.2) is 6.61 Å². The fourth-order valence-corrected chi connectivity index (χ4v) is 3.93. The molecule has 1 aliphatic rings. The van der Waals surface area contributed by atoms with Gasteiger partial charge in [-0.1, -0.05) is 0 Å². The highest BCUT2D eigenvalue weighted by Crippen LogP contribution is 2.19. The minimum atomic E-state index is -3.57. The summed E-state index contributed by atoms with van der Waals surface area (Å²) in [5, 5.41) is 2.62. The Labute approximate surface area is 156 Å². The summed E-state index contributed by atoms with van der Waals surface area (Å²) in [6.07, 6.45) is 0. The largest absolute Gasteiger partial charge is 0.484 e. The highest BCUT2D eigenvalue weighted by atomic mass is 32.2. The highest BCUT2D eigenvalue weighted by molar-refractivity contribution is 7.89. The van der Waals surface area contributed by atoms with Crippen LogP contribution in [0.25, 0.3) is 0 Å². The number of halogens is 1. The summed E-state index contributed by atoms with van der Waals surface area (Å²) in [6, 6.07) is 11.2. The number of benzene rings is 2. The van der Waals surface area contributed by atoms with Gasteiger partial charge in [0, 0.05) is 18.8 Å². The van der Waals surface area contributed by atoms with Crippen molar-refractivity contribution in [1.29, 1.82) is 0 Å². The zero-order valence-corrected chi connectivity index (χ0v) is 15.2. The van der Waals surface area contributed by atoms with E-state index in [0.717, 1.165) is 0 Å². The fraction of sp³-hybridized carbons (Fsp3) is 0.278. The number of morpholine rings is 1. The van der Waals surface area contributed by atoms with Gasteiger partial charge < -0.3 is 14.8 Å². The molecule has 7 nitrogen and oxygen atoms in total. The number of amides is 1. The number of carbonyl (C=O) groups is 1. The van der Waals surface area contributed by atoms with E-state index in [2.05, 4.69) is 5.32 Å². The summed E-state index contributed by atoms with van der Waals surface area (Å²) in [7, 11) is -3.57. The molecular formula is C18H19FN2O5S. The van der Waals surface area contributed by atoms with Crippen molar-refractivity contribution in [2.24, 2.45) is 0 Å². The van der Waals surface area contributed by atoms with Gasteiger partial charge in [0.25, 0.3) is 5.91 Å². The summed E-state index contributed by atoms with van der Waals surface area (Å²) >= 11 is 0. The molecule has 144 valence electrons. The summed E-state index contributed by atoms with van der Waals surface area (Å²) in [6.45, 7) is 1.14. The number of nitrogens with one attached hydrogen (secondary N) is 1. The minimum absolute atomic E-state index is 0.157. The first kappa shape index (κ1) is 19.3. The van der Waals surface area contributed by atoms with Gasteiger partial charge in [-0.2, -0.15) is 4.31 Å². The van der Waals surface area contributed by atoms with Crippen molar-refractivity contribution in [3.8, 4) is 5.75 Å². The molecule has 9 heteroatoms. The van der Waals surface area contributed by atoms with E-state index < -0.39 is 15.9 Å². The fourth-order valence-electron chi connectivity index (χ4n) is 2.52. The van der Waals surface area contributed by atoms with Crippen LogP contribution in [0.5, 0.6) is 5.75 Å². The van der Waals surface area contributed by atoms with E-state index in [9.17, 15) is 17.6 Å². The summed E-state index contributed by atoms with van der Waals surface area (Å²) in [5.41, 5.74) is 0.448. The number of sulfonamides is 1. The zero-order valence-electron chi connectivity index (χ0n) is 14.4. The predicted octanol–water partition coefficient (Wildman–Crippen LogP) is 1.86. The van der Waals surface area contributed by atoms with Gasteiger partial charge in [-0.15, -0.1) is 0 Å². The second kappa shape index (κ2) is 8.47. The first-order valence-electron chi connectivity index (χ1n) is 8.31. The van der Waals surface area contributed by atoms with Gasteiger partial charge >= 0.3 is 0 Å². The van der Waals surface area contributed by atoms with Crippen molar-refractivity contribution in [3.63, 3.8) is 0 Å². The van der Waals surface area contributed by atoms with Crippen LogP contribution in [0.3, 0.4) is 0 Å². The quantitative estimate of drug-likeness (QED) is 0.809. The molecule has 1 heterocycles. The zero-order chi connectivity index (χ0) is 19.3. The molecule has 0 bridgehead atoms. The molecule has 1 fully saturated rings. The summed E-state index contributed by atoms with van der Waals surface area (Å²) in [4.78, 5) is 12.1. The number of rotatable bonds is 6. The molecule has 1 amide bonds. The maximum absolute atomic E-state index is 12.8. The SMILES string of the molecule is O=C(COc1ccc(F)cc1)Nc1ccc(S(=O)(=O)N2CCOCC2)cc1. The van der Waals surface area contributed by atoms with Crippen molar-refractivity contribution in [2.45, 2.75) is 4.90 Å². The van der Waals surface area contributed by atoms with Crippen LogP contribution in [0.4, 0.5) is 10.1 Å². The van der Waals surface area contributed by atoms with Gasteiger partial charge in [0.2, 0.25) is 10.0 Å². The third kappa shape index (κ3) is 5.03. The van der Waals surface area contributed by atoms with Crippen LogP contribution >= 0.6 is 0 Å². The number of nitrogens with zero attached hydrogens (tertiary/aromatic N) is 1. The third-order valence-electron chi connectivity index (χ3n) is 3.93. The molecule has 0 aliphatic carbocycles. The lowest BCUT2D eigenvalue weighted by Gasteiger charge is -2.26. The first-order valence-corrected chi connectivity index (χ1v) is 9.75. The number of ether oxygens (including phenoxy) is 2. The topological polar surface area (TPSA) is 84.9 Å². The number of carbonyl (C=O) groups excluding carboxylic acids is 1. The average Bonchev–Trinajstić information content (AvgIpc) is 2.69. The molecule has 1 saturated heterocycles. The Hall–Kier alpha value is -2.49. The Kier molecular flexibility index (Phi) is 6.04. The Morgan fingerprint density at radius 2 is 1.70 bits per heavy atom. The van der Waals surface area contributed by atoms with E-state index in [0.29, 0.717) is 37.7 Å². The monoisotopic (exact) mass is 394 g/mol. The Balaban J connectivity index is 1.56. The number of hydrogen-bond donors (Lipinski definition) is 1. The molecule has 0 spiro atoms. The number of anilines is 1. The second-order valence-corrected chi connectivity index (χ2v) is 7.77. The standard InChI is InChI=1S/C18H19FN2O5S/c19-14-1-5-16(6-2-14)26-13-18(22)20-15-3-7-17(8-4-15)27(23,24)21-9-11-25-12-10-21/h1-8H,9-13H2,(H,20,22). The van der Waals surface area contributed by atoms with Crippen LogP contribution in [0, 0.1) is 5.82 Å². The van der Waals surface area contributed by atoms with Crippen LogP contribution in [0.2, 0.25) is 0 Å². The van der Waals surface area contributed by atoms with E-state index in [-0.39, 0.29) is 17.3 Å². The van der Waals surface area contributed by atoms with Gasteiger partial charge in [0.1, 0.15) is 11.6 Å². The maximum atomic E-state index is 12.8. The minimum Gasteiger partial charge on any atom is -0.484 e.